The maximum atomic E-state index is 12.3. The monoisotopic (exact) mass is 598 g/mol. The van der Waals surface area contributed by atoms with Crippen LogP contribution in [0.5, 0.6) is 0 Å². The van der Waals surface area contributed by atoms with Crippen LogP contribution in [0.1, 0.15) is 149 Å². The van der Waals surface area contributed by atoms with Gasteiger partial charge in [-0.25, -0.2) is 0 Å². The Balaban J connectivity index is 3.71. The molecule has 0 aliphatic rings. The Bertz CT molecular complexity index is 777. The predicted octanol–water partition coefficient (Wildman–Crippen LogP) is 10.4. The number of carbonyl (C=O) groups is 1. The van der Waals surface area contributed by atoms with Gasteiger partial charge in [0.1, 0.15) is 0 Å². The molecule has 43 heavy (non-hydrogen) atoms. The largest absolute Gasteiger partial charge is 0.394 e. The van der Waals surface area contributed by atoms with Crippen molar-refractivity contribution in [2.45, 2.75) is 161 Å². The van der Waals surface area contributed by atoms with E-state index in [0.29, 0.717) is 6.42 Å². The van der Waals surface area contributed by atoms with Crippen molar-refractivity contribution in [1.29, 1.82) is 0 Å². The zero-order valence-corrected chi connectivity index (χ0v) is 27.9. The van der Waals surface area contributed by atoms with Gasteiger partial charge in [0.25, 0.3) is 0 Å². The number of allylic oxidation sites excluding steroid dienone is 11. The molecule has 0 aromatic rings. The van der Waals surface area contributed by atoms with E-state index < -0.39 is 12.1 Å². The molecule has 0 saturated heterocycles. The van der Waals surface area contributed by atoms with E-state index in [0.717, 1.165) is 70.6 Å². The van der Waals surface area contributed by atoms with Crippen LogP contribution in [0, 0.1) is 0 Å². The molecular formula is C39H67NO3. The van der Waals surface area contributed by atoms with Crippen molar-refractivity contribution in [3.63, 3.8) is 0 Å². The molecule has 0 aliphatic heterocycles. The molecule has 246 valence electrons. The van der Waals surface area contributed by atoms with E-state index in [-0.39, 0.29) is 12.5 Å². The number of hydrogen-bond acceptors (Lipinski definition) is 3. The Kier molecular flexibility index (Phi) is 32.6. The standard InChI is InChI=1S/C39H67NO3/c1-3-5-7-9-11-13-15-16-17-18-19-20-21-22-23-24-25-27-29-31-33-35-39(43)40-37(36-41)38(42)34-32-30-28-26-14-12-10-8-6-4-2/h6,8,14-16,18-19,21-22,26,32,34,37-38,41-42H,3-5,7,9-13,17,20,23-25,27-31,33,35-36H2,1-2H3,(H,40,43)/b8-6+,16-15-,19-18-,22-21-,26-14+,34-32+. The summed E-state index contributed by atoms with van der Waals surface area (Å²) >= 11 is 0. The fraction of sp³-hybridized carbons (Fsp3) is 0.667. The van der Waals surface area contributed by atoms with Crippen molar-refractivity contribution in [3.05, 3.63) is 72.9 Å². The first-order valence-corrected chi connectivity index (χ1v) is 17.7. The summed E-state index contributed by atoms with van der Waals surface area (Å²) in [6, 6.07) is -0.653. The van der Waals surface area contributed by atoms with Crippen molar-refractivity contribution in [1.82, 2.24) is 5.32 Å². The van der Waals surface area contributed by atoms with E-state index in [9.17, 15) is 15.0 Å². The van der Waals surface area contributed by atoms with Crippen LogP contribution >= 0.6 is 0 Å². The summed E-state index contributed by atoms with van der Waals surface area (Å²) in [5.41, 5.74) is 0. The number of aliphatic hydroxyl groups is 2. The lowest BCUT2D eigenvalue weighted by Crippen LogP contribution is -2.45. The molecule has 0 aliphatic carbocycles. The smallest absolute Gasteiger partial charge is 0.220 e. The Morgan fingerprint density at radius 1 is 0.581 bits per heavy atom. The minimum absolute atomic E-state index is 0.0976. The summed E-state index contributed by atoms with van der Waals surface area (Å²) in [4.78, 5) is 12.3. The third-order valence-electron chi connectivity index (χ3n) is 7.40. The van der Waals surface area contributed by atoms with Crippen LogP contribution in [0.2, 0.25) is 0 Å². The van der Waals surface area contributed by atoms with E-state index in [1.807, 2.05) is 6.08 Å². The number of unbranched alkanes of at least 4 members (excludes halogenated alkanes) is 13. The first-order chi connectivity index (χ1) is 21.2. The highest BCUT2D eigenvalue weighted by atomic mass is 16.3. The summed E-state index contributed by atoms with van der Waals surface area (Å²) < 4.78 is 0. The lowest BCUT2D eigenvalue weighted by atomic mass is 10.1. The lowest BCUT2D eigenvalue weighted by molar-refractivity contribution is -0.123. The Hall–Kier alpha value is -2.17. The lowest BCUT2D eigenvalue weighted by Gasteiger charge is -2.19. The van der Waals surface area contributed by atoms with Crippen LogP contribution in [0.4, 0.5) is 0 Å². The first-order valence-electron chi connectivity index (χ1n) is 17.7. The molecule has 0 spiro atoms. The second-order valence-corrected chi connectivity index (χ2v) is 11.5. The topological polar surface area (TPSA) is 69.6 Å². The van der Waals surface area contributed by atoms with Gasteiger partial charge >= 0.3 is 0 Å². The Labute approximate surface area is 266 Å². The van der Waals surface area contributed by atoms with Gasteiger partial charge in [0.15, 0.2) is 0 Å². The van der Waals surface area contributed by atoms with Gasteiger partial charge < -0.3 is 15.5 Å². The summed E-state index contributed by atoms with van der Waals surface area (Å²) in [6.07, 6.45) is 48.4. The van der Waals surface area contributed by atoms with Gasteiger partial charge in [-0.2, -0.15) is 0 Å². The van der Waals surface area contributed by atoms with Gasteiger partial charge in [-0.05, 0) is 77.0 Å². The molecule has 4 nitrogen and oxygen atoms in total. The van der Waals surface area contributed by atoms with Crippen molar-refractivity contribution in [2.75, 3.05) is 6.61 Å². The number of carbonyl (C=O) groups excluding carboxylic acids is 1. The van der Waals surface area contributed by atoms with Crippen molar-refractivity contribution in [2.24, 2.45) is 0 Å². The van der Waals surface area contributed by atoms with Gasteiger partial charge in [0.2, 0.25) is 5.91 Å². The second-order valence-electron chi connectivity index (χ2n) is 11.5. The van der Waals surface area contributed by atoms with Gasteiger partial charge in [0.05, 0.1) is 18.8 Å². The number of amides is 1. The van der Waals surface area contributed by atoms with Crippen LogP contribution in [0.3, 0.4) is 0 Å². The number of rotatable bonds is 30. The van der Waals surface area contributed by atoms with Crippen LogP contribution < -0.4 is 5.32 Å². The fourth-order valence-corrected chi connectivity index (χ4v) is 4.69. The maximum absolute atomic E-state index is 12.3. The van der Waals surface area contributed by atoms with Crippen LogP contribution in [0.15, 0.2) is 72.9 Å². The predicted molar refractivity (Wildman–Crippen MR) is 188 cm³/mol. The SMILES string of the molecule is CC/C=C/CC/C=C/CC/C=C/C(O)C(CO)NC(=O)CCCCCCCC/C=C\C/C=C\C/C=C\CCCCCCC. The third kappa shape index (κ3) is 31.1. The van der Waals surface area contributed by atoms with Gasteiger partial charge in [-0.3, -0.25) is 4.79 Å². The molecule has 0 radical (unpaired) electrons. The molecule has 1 amide bonds. The zero-order chi connectivity index (χ0) is 31.5. The van der Waals surface area contributed by atoms with Crippen LogP contribution in [-0.2, 0) is 4.79 Å². The van der Waals surface area contributed by atoms with E-state index in [1.54, 1.807) is 6.08 Å². The molecule has 4 heteroatoms. The maximum Gasteiger partial charge on any atom is 0.220 e. The van der Waals surface area contributed by atoms with Crippen LogP contribution in [0.25, 0.3) is 0 Å². The number of aliphatic hydroxyl groups excluding tert-OH is 2. The number of nitrogens with one attached hydrogen (secondary N) is 1. The van der Waals surface area contributed by atoms with E-state index in [1.165, 1.54) is 57.8 Å². The van der Waals surface area contributed by atoms with Crippen molar-refractivity contribution < 1.29 is 15.0 Å². The first kappa shape index (κ1) is 40.8. The zero-order valence-electron chi connectivity index (χ0n) is 27.9. The highest BCUT2D eigenvalue weighted by molar-refractivity contribution is 5.76. The van der Waals surface area contributed by atoms with Gasteiger partial charge in [0, 0.05) is 6.42 Å². The summed E-state index contributed by atoms with van der Waals surface area (Å²) in [7, 11) is 0. The third-order valence-corrected chi connectivity index (χ3v) is 7.40. The molecule has 0 saturated carbocycles. The minimum atomic E-state index is -0.876. The van der Waals surface area contributed by atoms with Crippen molar-refractivity contribution >= 4 is 5.91 Å². The molecular weight excluding hydrogens is 530 g/mol. The molecule has 0 rings (SSSR count). The van der Waals surface area contributed by atoms with E-state index in [2.05, 4.69) is 79.9 Å². The average molecular weight is 598 g/mol. The molecule has 0 aromatic carbocycles. The Morgan fingerprint density at radius 2 is 1.05 bits per heavy atom. The fourth-order valence-electron chi connectivity index (χ4n) is 4.69. The van der Waals surface area contributed by atoms with Crippen molar-refractivity contribution in [3.8, 4) is 0 Å². The molecule has 0 fully saturated rings. The average Bonchev–Trinajstić information content (AvgIpc) is 3.01. The normalized spacial score (nSPS) is 14.0. The van der Waals surface area contributed by atoms with Gasteiger partial charge in [-0.15, -0.1) is 0 Å². The quantitative estimate of drug-likeness (QED) is 0.0570. The van der Waals surface area contributed by atoms with Crippen LogP contribution in [-0.4, -0.2) is 34.9 Å². The van der Waals surface area contributed by atoms with Gasteiger partial charge in [-0.1, -0.05) is 138 Å². The summed E-state index contributed by atoms with van der Waals surface area (Å²) in [6.45, 7) is 4.13. The highest BCUT2D eigenvalue weighted by Crippen LogP contribution is 2.10. The number of hydrogen-bond donors (Lipinski definition) is 3. The van der Waals surface area contributed by atoms with E-state index in [4.69, 9.17) is 0 Å². The second kappa shape index (κ2) is 34.3. The Morgan fingerprint density at radius 3 is 1.60 bits per heavy atom. The molecule has 2 atom stereocenters. The molecule has 2 unspecified atom stereocenters. The molecule has 0 aromatic heterocycles. The summed E-state index contributed by atoms with van der Waals surface area (Å²) in [5.74, 6) is -0.0976. The highest BCUT2D eigenvalue weighted by Gasteiger charge is 2.17. The molecule has 0 bridgehead atoms. The minimum Gasteiger partial charge on any atom is -0.394 e. The molecule has 3 N–H and O–H groups in total. The van der Waals surface area contributed by atoms with E-state index >= 15 is 0 Å². The molecule has 0 heterocycles. The summed E-state index contributed by atoms with van der Waals surface area (Å²) in [5, 5.41) is 22.7.